The second-order valence-electron chi connectivity index (χ2n) is 7.00. The van der Waals surface area contributed by atoms with Crippen LogP contribution in [0.4, 0.5) is 5.69 Å². The minimum absolute atomic E-state index is 0.0866. The summed E-state index contributed by atoms with van der Waals surface area (Å²) in [6.45, 7) is 0.0866. The SMILES string of the molecule is CN(C)c1ccc(/C=N\NC(=O)Cn2c(-c3ccccn3)nc3ccccc32)cc1. The van der Waals surface area contributed by atoms with E-state index in [-0.39, 0.29) is 12.5 Å². The summed E-state index contributed by atoms with van der Waals surface area (Å²) in [5.74, 6) is 0.409. The molecule has 4 aromatic rings. The molecule has 2 heterocycles. The van der Waals surface area contributed by atoms with Gasteiger partial charge in [-0.2, -0.15) is 5.10 Å². The maximum Gasteiger partial charge on any atom is 0.260 e. The van der Waals surface area contributed by atoms with E-state index in [1.807, 2.05) is 90.3 Å². The Morgan fingerprint density at radius 1 is 1.07 bits per heavy atom. The van der Waals surface area contributed by atoms with Crippen LogP contribution in [0.1, 0.15) is 5.56 Å². The Balaban J connectivity index is 1.52. The second kappa shape index (κ2) is 8.57. The predicted molar refractivity (Wildman–Crippen MR) is 119 cm³/mol. The number of rotatable bonds is 6. The molecule has 150 valence electrons. The van der Waals surface area contributed by atoms with E-state index in [0.29, 0.717) is 11.5 Å². The molecule has 4 rings (SSSR count). The number of benzene rings is 2. The van der Waals surface area contributed by atoms with Gasteiger partial charge in [0.05, 0.1) is 17.2 Å². The van der Waals surface area contributed by atoms with Gasteiger partial charge in [-0.25, -0.2) is 10.4 Å². The van der Waals surface area contributed by atoms with Crippen LogP contribution >= 0.6 is 0 Å². The molecular formula is C23H22N6O. The molecule has 2 aromatic carbocycles. The van der Waals surface area contributed by atoms with E-state index < -0.39 is 0 Å². The van der Waals surface area contributed by atoms with Gasteiger partial charge in [0.2, 0.25) is 0 Å². The van der Waals surface area contributed by atoms with Crippen molar-refractivity contribution in [3.63, 3.8) is 0 Å². The Labute approximate surface area is 174 Å². The molecule has 0 saturated heterocycles. The van der Waals surface area contributed by atoms with Gasteiger partial charge in [-0.3, -0.25) is 9.78 Å². The van der Waals surface area contributed by atoms with Gasteiger partial charge < -0.3 is 9.47 Å². The maximum atomic E-state index is 12.6. The van der Waals surface area contributed by atoms with E-state index in [4.69, 9.17) is 0 Å². The molecule has 0 unspecified atom stereocenters. The first-order chi connectivity index (χ1) is 14.6. The van der Waals surface area contributed by atoms with Crippen molar-refractivity contribution in [3.8, 4) is 11.5 Å². The Hall–Kier alpha value is -4.00. The maximum absolute atomic E-state index is 12.6. The average Bonchev–Trinajstić information content (AvgIpc) is 3.13. The molecule has 1 N–H and O–H groups in total. The molecule has 0 aliphatic rings. The van der Waals surface area contributed by atoms with Crippen LogP contribution in [0.2, 0.25) is 0 Å². The van der Waals surface area contributed by atoms with E-state index in [2.05, 4.69) is 20.5 Å². The summed E-state index contributed by atoms with van der Waals surface area (Å²) in [4.78, 5) is 23.6. The van der Waals surface area contributed by atoms with Crippen molar-refractivity contribution in [1.82, 2.24) is 20.0 Å². The van der Waals surface area contributed by atoms with Crippen molar-refractivity contribution in [1.29, 1.82) is 0 Å². The molecule has 0 saturated carbocycles. The molecule has 1 amide bonds. The molecule has 0 radical (unpaired) electrons. The molecule has 30 heavy (non-hydrogen) atoms. The van der Waals surface area contributed by atoms with Gasteiger partial charge in [-0.1, -0.05) is 30.3 Å². The lowest BCUT2D eigenvalue weighted by atomic mass is 10.2. The fourth-order valence-electron chi connectivity index (χ4n) is 3.14. The Morgan fingerprint density at radius 2 is 1.83 bits per heavy atom. The number of amides is 1. The summed E-state index contributed by atoms with van der Waals surface area (Å²) in [6, 6.07) is 21.3. The first kappa shape index (κ1) is 19.3. The highest BCUT2D eigenvalue weighted by Gasteiger charge is 2.15. The fraction of sp³-hybridized carbons (Fsp3) is 0.130. The van der Waals surface area contributed by atoms with Crippen molar-refractivity contribution < 1.29 is 4.79 Å². The fourth-order valence-corrected chi connectivity index (χ4v) is 3.14. The minimum Gasteiger partial charge on any atom is -0.378 e. The van der Waals surface area contributed by atoms with Crippen LogP contribution in [0, 0.1) is 0 Å². The summed E-state index contributed by atoms with van der Waals surface area (Å²) in [6.07, 6.45) is 3.34. The lowest BCUT2D eigenvalue weighted by Crippen LogP contribution is -2.23. The van der Waals surface area contributed by atoms with E-state index in [1.165, 1.54) is 0 Å². The predicted octanol–water partition coefficient (Wildman–Crippen LogP) is 3.31. The minimum atomic E-state index is -0.239. The number of hydrogen-bond acceptors (Lipinski definition) is 5. The van der Waals surface area contributed by atoms with Crippen LogP contribution in [-0.2, 0) is 11.3 Å². The number of hydrogen-bond donors (Lipinski definition) is 1. The lowest BCUT2D eigenvalue weighted by molar-refractivity contribution is -0.121. The Kier molecular flexibility index (Phi) is 5.52. The van der Waals surface area contributed by atoms with Crippen molar-refractivity contribution in [3.05, 3.63) is 78.5 Å². The third-order valence-corrected chi connectivity index (χ3v) is 4.66. The molecule has 0 bridgehead atoms. The second-order valence-corrected chi connectivity index (χ2v) is 7.00. The Morgan fingerprint density at radius 3 is 2.57 bits per heavy atom. The van der Waals surface area contributed by atoms with Crippen LogP contribution in [0.3, 0.4) is 0 Å². The standard InChI is InChI=1S/C23H22N6O/c1-28(2)18-12-10-17(11-13-18)15-25-27-22(30)16-29-21-9-4-3-7-19(21)26-23(29)20-8-5-6-14-24-20/h3-15H,16H2,1-2H3,(H,27,30)/b25-15-. The number of para-hydroxylation sites is 2. The molecule has 2 aromatic heterocycles. The van der Waals surface area contributed by atoms with Crippen molar-refractivity contribution >= 4 is 28.8 Å². The Bertz CT molecular complexity index is 1180. The first-order valence-electron chi connectivity index (χ1n) is 9.58. The molecule has 0 spiro atoms. The zero-order chi connectivity index (χ0) is 20.9. The number of nitrogens with zero attached hydrogens (tertiary/aromatic N) is 5. The number of hydrazone groups is 1. The van der Waals surface area contributed by atoms with E-state index in [9.17, 15) is 4.79 Å². The van der Waals surface area contributed by atoms with Crippen LogP contribution in [-0.4, -0.2) is 40.8 Å². The van der Waals surface area contributed by atoms with Gasteiger partial charge in [0.25, 0.3) is 5.91 Å². The number of carbonyl (C=O) groups excluding carboxylic acids is 1. The van der Waals surface area contributed by atoms with Gasteiger partial charge in [0.15, 0.2) is 5.82 Å². The highest BCUT2D eigenvalue weighted by atomic mass is 16.2. The van der Waals surface area contributed by atoms with Crippen LogP contribution in [0.5, 0.6) is 0 Å². The summed E-state index contributed by atoms with van der Waals surface area (Å²) in [5.41, 5.74) is 7.01. The van der Waals surface area contributed by atoms with Gasteiger partial charge >= 0.3 is 0 Å². The van der Waals surface area contributed by atoms with Gasteiger partial charge in [-0.15, -0.1) is 0 Å². The number of aromatic nitrogens is 3. The summed E-state index contributed by atoms with van der Waals surface area (Å²) < 4.78 is 1.86. The molecule has 0 aliphatic carbocycles. The summed E-state index contributed by atoms with van der Waals surface area (Å²) in [7, 11) is 3.98. The average molecular weight is 398 g/mol. The van der Waals surface area contributed by atoms with Crippen LogP contribution < -0.4 is 10.3 Å². The normalized spacial score (nSPS) is 11.1. The van der Waals surface area contributed by atoms with Gasteiger partial charge in [-0.05, 0) is 42.0 Å². The first-order valence-corrected chi connectivity index (χ1v) is 9.58. The number of pyridine rings is 1. The number of anilines is 1. The highest BCUT2D eigenvalue weighted by molar-refractivity contribution is 5.85. The van der Waals surface area contributed by atoms with Crippen molar-refractivity contribution in [2.45, 2.75) is 6.54 Å². The third kappa shape index (κ3) is 4.20. The zero-order valence-corrected chi connectivity index (χ0v) is 16.9. The quantitative estimate of drug-likeness (QED) is 0.399. The van der Waals surface area contributed by atoms with E-state index in [1.54, 1.807) is 12.4 Å². The summed E-state index contributed by atoms with van der Waals surface area (Å²) >= 11 is 0. The topological polar surface area (TPSA) is 75.4 Å². The van der Waals surface area contributed by atoms with Crippen molar-refractivity contribution in [2.24, 2.45) is 5.10 Å². The molecule has 0 aliphatic heterocycles. The van der Waals surface area contributed by atoms with E-state index in [0.717, 1.165) is 22.3 Å². The molecule has 7 heteroatoms. The smallest absolute Gasteiger partial charge is 0.260 e. The van der Waals surface area contributed by atoms with Gasteiger partial charge in [0, 0.05) is 26.0 Å². The van der Waals surface area contributed by atoms with Crippen LogP contribution in [0.25, 0.3) is 22.6 Å². The monoisotopic (exact) mass is 398 g/mol. The lowest BCUT2D eigenvalue weighted by Gasteiger charge is -2.11. The largest absolute Gasteiger partial charge is 0.378 e. The highest BCUT2D eigenvalue weighted by Crippen LogP contribution is 2.23. The zero-order valence-electron chi connectivity index (χ0n) is 16.9. The number of fused-ring (bicyclic) bond motifs is 1. The molecule has 7 nitrogen and oxygen atoms in total. The molecular weight excluding hydrogens is 376 g/mol. The van der Waals surface area contributed by atoms with E-state index >= 15 is 0 Å². The molecule has 0 atom stereocenters. The third-order valence-electron chi connectivity index (χ3n) is 4.66. The molecule has 0 fully saturated rings. The number of imidazole rings is 1. The number of nitrogens with one attached hydrogen (secondary N) is 1. The van der Waals surface area contributed by atoms with Crippen LogP contribution in [0.15, 0.2) is 78.0 Å². The summed E-state index contributed by atoms with van der Waals surface area (Å²) in [5, 5.41) is 4.09. The number of carbonyl (C=O) groups is 1. The van der Waals surface area contributed by atoms with Crippen molar-refractivity contribution in [2.75, 3.05) is 19.0 Å². The van der Waals surface area contributed by atoms with Gasteiger partial charge in [0.1, 0.15) is 12.2 Å².